The molecular weight excluding hydrogens is 254 g/mol. The van der Waals surface area contributed by atoms with Gasteiger partial charge in [-0.05, 0) is 18.6 Å². The van der Waals surface area contributed by atoms with Crippen LogP contribution in [0.3, 0.4) is 0 Å². The summed E-state index contributed by atoms with van der Waals surface area (Å²) < 4.78 is 5.07. The molecular formula is C12H14ClN3O2. The molecule has 2 rings (SSSR count). The highest BCUT2D eigenvalue weighted by atomic mass is 35.5. The lowest BCUT2D eigenvalue weighted by Gasteiger charge is -2.03. The van der Waals surface area contributed by atoms with Crippen LogP contribution in [0.15, 0.2) is 22.9 Å². The Labute approximate surface area is 110 Å². The number of rotatable bonds is 5. The van der Waals surface area contributed by atoms with Gasteiger partial charge in [-0.2, -0.15) is 4.98 Å². The molecule has 0 spiro atoms. The predicted octanol–water partition coefficient (Wildman–Crippen LogP) is 2.49. The van der Waals surface area contributed by atoms with Gasteiger partial charge in [0.25, 0.3) is 0 Å². The second kappa shape index (κ2) is 5.93. The van der Waals surface area contributed by atoms with Gasteiger partial charge in [0.05, 0.1) is 17.5 Å². The minimum Gasteiger partial charge on any atom is -0.393 e. The van der Waals surface area contributed by atoms with Crippen molar-refractivity contribution in [1.29, 1.82) is 0 Å². The van der Waals surface area contributed by atoms with Gasteiger partial charge in [0.1, 0.15) is 5.69 Å². The summed E-state index contributed by atoms with van der Waals surface area (Å²) in [6, 6.07) is 3.45. The van der Waals surface area contributed by atoms with Crippen LogP contribution in [0.2, 0.25) is 5.02 Å². The Kier molecular flexibility index (Phi) is 4.28. The second-order valence-corrected chi connectivity index (χ2v) is 4.40. The van der Waals surface area contributed by atoms with Crippen molar-refractivity contribution in [3.63, 3.8) is 0 Å². The van der Waals surface area contributed by atoms with E-state index in [2.05, 4.69) is 15.1 Å². The SMILES string of the molecule is CCCC(O)Cc1nc(-c2ncccc2Cl)no1. The van der Waals surface area contributed by atoms with E-state index in [1.165, 1.54) is 0 Å². The number of nitrogens with zero attached hydrogens (tertiary/aromatic N) is 3. The predicted molar refractivity (Wildman–Crippen MR) is 67.2 cm³/mol. The molecule has 0 amide bonds. The number of hydrogen-bond acceptors (Lipinski definition) is 5. The molecule has 0 bridgehead atoms. The smallest absolute Gasteiger partial charge is 0.229 e. The van der Waals surface area contributed by atoms with Gasteiger partial charge in [-0.3, -0.25) is 4.98 Å². The Morgan fingerprint density at radius 2 is 2.33 bits per heavy atom. The minimum atomic E-state index is -0.456. The highest BCUT2D eigenvalue weighted by Crippen LogP contribution is 2.22. The summed E-state index contributed by atoms with van der Waals surface area (Å²) >= 11 is 5.99. The van der Waals surface area contributed by atoms with Gasteiger partial charge in [0, 0.05) is 6.20 Å². The van der Waals surface area contributed by atoms with Crippen LogP contribution in [-0.2, 0) is 6.42 Å². The molecule has 0 aromatic carbocycles. The van der Waals surface area contributed by atoms with Crippen LogP contribution in [0.1, 0.15) is 25.7 Å². The maximum atomic E-state index is 9.67. The third-order valence-corrected chi connectivity index (χ3v) is 2.78. The average molecular weight is 268 g/mol. The summed E-state index contributed by atoms with van der Waals surface area (Å²) in [4.78, 5) is 8.28. The van der Waals surface area contributed by atoms with Gasteiger partial charge < -0.3 is 9.63 Å². The molecule has 0 saturated carbocycles. The van der Waals surface area contributed by atoms with Gasteiger partial charge in [-0.25, -0.2) is 0 Å². The topological polar surface area (TPSA) is 72.0 Å². The number of pyridine rings is 1. The molecule has 18 heavy (non-hydrogen) atoms. The van der Waals surface area contributed by atoms with Crippen LogP contribution in [0.4, 0.5) is 0 Å². The van der Waals surface area contributed by atoms with Gasteiger partial charge in [-0.1, -0.05) is 30.1 Å². The third-order valence-electron chi connectivity index (χ3n) is 2.47. The van der Waals surface area contributed by atoms with E-state index in [1.807, 2.05) is 6.92 Å². The number of halogens is 1. The van der Waals surface area contributed by atoms with E-state index in [0.717, 1.165) is 6.42 Å². The quantitative estimate of drug-likeness (QED) is 0.901. The zero-order chi connectivity index (χ0) is 13.0. The Bertz CT molecular complexity index is 516. The minimum absolute atomic E-state index is 0.347. The lowest BCUT2D eigenvalue weighted by atomic mass is 10.1. The van der Waals surface area contributed by atoms with Crippen molar-refractivity contribution in [2.45, 2.75) is 32.3 Å². The zero-order valence-corrected chi connectivity index (χ0v) is 10.8. The van der Waals surface area contributed by atoms with Crippen molar-refractivity contribution < 1.29 is 9.63 Å². The molecule has 0 radical (unpaired) electrons. The Hall–Kier alpha value is -1.46. The van der Waals surface area contributed by atoms with Crippen LogP contribution in [0.5, 0.6) is 0 Å². The molecule has 5 nitrogen and oxygen atoms in total. The first kappa shape index (κ1) is 13.0. The molecule has 0 aliphatic carbocycles. The van der Waals surface area contributed by atoms with E-state index in [0.29, 0.717) is 35.3 Å². The molecule has 0 aliphatic heterocycles. The summed E-state index contributed by atoms with van der Waals surface area (Å²) in [5.41, 5.74) is 0.485. The molecule has 6 heteroatoms. The summed E-state index contributed by atoms with van der Waals surface area (Å²) in [5.74, 6) is 0.743. The fourth-order valence-electron chi connectivity index (χ4n) is 1.62. The Morgan fingerprint density at radius 3 is 3.06 bits per heavy atom. The maximum Gasteiger partial charge on any atom is 0.229 e. The molecule has 1 atom stereocenters. The van der Waals surface area contributed by atoms with Crippen LogP contribution in [0, 0.1) is 0 Å². The maximum absolute atomic E-state index is 9.67. The summed E-state index contributed by atoms with van der Waals surface area (Å²) in [7, 11) is 0. The highest BCUT2D eigenvalue weighted by Gasteiger charge is 2.15. The third kappa shape index (κ3) is 3.05. The standard InChI is InChI=1S/C12H14ClN3O2/c1-2-4-8(17)7-10-15-12(16-18-10)11-9(13)5-3-6-14-11/h3,5-6,8,17H,2,4,7H2,1H3. The second-order valence-electron chi connectivity index (χ2n) is 3.99. The molecule has 1 N–H and O–H groups in total. The monoisotopic (exact) mass is 267 g/mol. The summed E-state index contributed by atoms with van der Waals surface area (Å²) in [5, 5.41) is 14.0. The molecule has 96 valence electrons. The largest absolute Gasteiger partial charge is 0.393 e. The van der Waals surface area contributed by atoms with Crippen molar-refractivity contribution in [1.82, 2.24) is 15.1 Å². The summed E-state index contributed by atoms with van der Waals surface area (Å²) in [6.07, 6.45) is 3.13. The van der Waals surface area contributed by atoms with Gasteiger partial charge >= 0.3 is 0 Å². The number of hydrogen-bond donors (Lipinski definition) is 1. The molecule has 2 heterocycles. The van der Waals surface area contributed by atoms with Crippen LogP contribution >= 0.6 is 11.6 Å². The number of aliphatic hydroxyl groups is 1. The van der Waals surface area contributed by atoms with Crippen LogP contribution in [0.25, 0.3) is 11.5 Å². The van der Waals surface area contributed by atoms with Crippen molar-refractivity contribution in [2.75, 3.05) is 0 Å². The van der Waals surface area contributed by atoms with E-state index < -0.39 is 6.10 Å². The molecule has 2 aromatic heterocycles. The molecule has 0 saturated heterocycles. The fraction of sp³-hybridized carbons (Fsp3) is 0.417. The van der Waals surface area contributed by atoms with Crippen molar-refractivity contribution >= 4 is 11.6 Å². The first-order valence-corrected chi connectivity index (χ1v) is 6.20. The van der Waals surface area contributed by atoms with E-state index in [-0.39, 0.29) is 0 Å². The molecule has 0 fully saturated rings. The summed E-state index contributed by atoms with van der Waals surface area (Å²) in [6.45, 7) is 2.01. The van der Waals surface area contributed by atoms with Gasteiger partial charge in [0.2, 0.25) is 11.7 Å². The Morgan fingerprint density at radius 1 is 1.50 bits per heavy atom. The number of aliphatic hydroxyl groups excluding tert-OH is 1. The lowest BCUT2D eigenvalue weighted by Crippen LogP contribution is -2.09. The van der Waals surface area contributed by atoms with Gasteiger partial charge in [0.15, 0.2) is 0 Å². The Balaban J connectivity index is 2.13. The average Bonchev–Trinajstić information content (AvgIpc) is 2.78. The van der Waals surface area contributed by atoms with E-state index in [1.54, 1.807) is 18.3 Å². The van der Waals surface area contributed by atoms with Crippen molar-refractivity contribution in [2.24, 2.45) is 0 Å². The van der Waals surface area contributed by atoms with Crippen LogP contribution < -0.4 is 0 Å². The molecule has 2 aromatic rings. The van der Waals surface area contributed by atoms with Crippen LogP contribution in [-0.4, -0.2) is 26.3 Å². The van der Waals surface area contributed by atoms with E-state index in [9.17, 15) is 5.11 Å². The first-order valence-electron chi connectivity index (χ1n) is 5.82. The van der Waals surface area contributed by atoms with E-state index >= 15 is 0 Å². The zero-order valence-electron chi connectivity index (χ0n) is 10.0. The fourth-order valence-corrected chi connectivity index (χ4v) is 1.83. The van der Waals surface area contributed by atoms with Crippen molar-refractivity contribution in [3.05, 3.63) is 29.2 Å². The molecule has 0 aliphatic rings. The van der Waals surface area contributed by atoms with Crippen molar-refractivity contribution in [3.8, 4) is 11.5 Å². The normalized spacial score (nSPS) is 12.6. The van der Waals surface area contributed by atoms with E-state index in [4.69, 9.17) is 16.1 Å². The van der Waals surface area contributed by atoms with Gasteiger partial charge in [-0.15, -0.1) is 0 Å². The first-order chi connectivity index (χ1) is 8.70. The highest BCUT2D eigenvalue weighted by molar-refractivity contribution is 6.32. The lowest BCUT2D eigenvalue weighted by molar-refractivity contribution is 0.152. The molecule has 1 unspecified atom stereocenters. The number of aromatic nitrogens is 3.